The zero-order valence-electron chi connectivity index (χ0n) is 9.68. The Morgan fingerprint density at radius 1 is 1.12 bits per heavy atom. The lowest BCUT2D eigenvalue weighted by Gasteiger charge is -2.23. The molecule has 1 fully saturated rings. The van der Waals surface area contributed by atoms with Crippen molar-refractivity contribution < 1.29 is 5.11 Å². The van der Waals surface area contributed by atoms with E-state index in [0.717, 1.165) is 15.5 Å². The Hall–Kier alpha value is -0.0600. The molecule has 0 spiro atoms. The van der Waals surface area contributed by atoms with Crippen molar-refractivity contribution in [2.75, 3.05) is 0 Å². The summed E-state index contributed by atoms with van der Waals surface area (Å²) in [6.45, 7) is 0.863. The number of benzene rings is 1. The Morgan fingerprint density at radius 3 is 2.29 bits per heavy atom. The zero-order valence-corrected chi connectivity index (χ0v) is 12.8. The molecular formula is C13H17Br2NO. The third kappa shape index (κ3) is 3.70. The highest BCUT2D eigenvalue weighted by Crippen LogP contribution is 2.33. The molecule has 0 bridgehead atoms. The van der Waals surface area contributed by atoms with Crippen LogP contribution in [-0.4, -0.2) is 11.1 Å². The molecule has 94 valence electrons. The van der Waals surface area contributed by atoms with Crippen LogP contribution in [0.2, 0.25) is 0 Å². The summed E-state index contributed by atoms with van der Waals surface area (Å²) < 4.78 is 1.49. The first-order chi connectivity index (χ1) is 8.16. The van der Waals surface area contributed by atoms with Gasteiger partial charge in [-0.3, -0.25) is 0 Å². The fraction of sp³-hybridized carbons (Fsp3) is 0.538. The maximum atomic E-state index is 9.63. The number of nitrogens with one attached hydrogen (secondary N) is 1. The van der Waals surface area contributed by atoms with Crippen LogP contribution >= 0.6 is 31.9 Å². The summed E-state index contributed by atoms with van der Waals surface area (Å²) in [5.74, 6) is 0.270. The van der Waals surface area contributed by atoms with Gasteiger partial charge in [0.15, 0.2) is 0 Å². The number of phenols is 1. The monoisotopic (exact) mass is 361 g/mol. The number of aromatic hydroxyl groups is 1. The highest BCUT2D eigenvalue weighted by atomic mass is 79.9. The van der Waals surface area contributed by atoms with E-state index in [1.807, 2.05) is 12.1 Å². The molecule has 0 radical (unpaired) electrons. The van der Waals surface area contributed by atoms with Crippen molar-refractivity contribution in [3.63, 3.8) is 0 Å². The van der Waals surface area contributed by atoms with Crippen LogP contribution in [0.15, 0.2) is 21.1 Å². The van der Waals surface area contributed by atoms with Crippen LogP contribution in [-0.2, 0) is 6.54 Å². The molecule has 1 aliphatic carbocycles. The van der Waals surface area contributed by atoms with Gasteiger partial charge in [-0.1, -0.05) is 19.3 Å². The summed E-state index contributed by atoms with van der Waals surface area (Å²) in [5.41, 5.74) is 1.19. The Bertz CT molecular complexity index is 366. The highest BCUT2D eigenvalue weighted by molar-refractivity contribution is 9.11. The first-order valence-corrected chi connectivity index (χ1v) is 7.65. The molecule has 2 N–H and O–H groups in total. The SMILES string of the molecule is Oc1c(Br)cc(CNC2CCCCC2)cc1Br. The largest absolute Gasteiger partial charge is 0.506 e. The van der Waals surface area contributed by atoms with Crippen molar-refractivity contribution >= 4 is 31.9 Å². The number of halogens is 2. The van der Waals surface area contributed by atoms with Crippen LogP contribution in [0.25, 0.3) is 0 Å². The molecular weight excluding hydrogens is 346 g/mol. The van der Waals surface area contributed by atoms with Gasteiger partial charge in [0, 0.05) is 12.6 Å². The fourth-order valence-corrected chi connectivity index (χ4v) is 3.57. The van der Waals surface area contributed by atoms with E-state index in [-0.39, 0.29) is 5.75 Å². The molecule has 0 saturated heterocycles. The highest BCUT2D eigenvalue weighted by Gasteiger charge is 2.13. The molecule has 1 aliphatic rings. The number of hydrogen-bond donors (Lipinski definition) is 2. The number of phenolic OH excluding ortho intramolecular Hbond substituents is 1. The molecule has 17 heavy (non-hydrogen) atoms. The van der Waals surface area contributed by atoms with E-state index in [2.05, 4.69) is 37.2 Å². The maximum Gasteiger partial charge on any atom is 0.143 e. The van der Waals surface area contributed by atoms with Crippen molar-refractivity contribution in [3.05, 3.63) is 26.6 Å². The summed E-state index contributed by atoms with van der Waals surface area (Å²) in [5, 5.41) is 13.2. The van der Waals surface area contributed by atoms with Gasteiger partial charge in [0.05, 0.1) is 8.95 Å². The van der Waals surface area contributed by atoms with Crippen molar-refractivity contribution in [2.24, 2.45) is 0 Å². The smallest absolute Gasteiger partial charge is 0.143 e. The van der Waals surface area contributed by atoms with Crippen LogP contribution in [0.4, 0.5) is 0 Å². The summed E-state index contributed by atoms with van der Waals surface area (Å²) in [6, 6.07) is 4.60. The summed E-state index contributed by atoms with van der Waals surface area (Å²) in [6.07, 6.45) is 6.66. The van der Waals surface area contributed by atoms with Gasteiger partial charge in [0.25, 0.3) is 0 Å². The van der Waals surface area contributed by atoms with Crippen molar-refractivity contribution in [3.8, 4) is 5.75 Å². The van der Waals surface area contributed by atoms with Crippen LogP contribution in [0.5, 0.6) is 5.75 Å². The molecule has 0 aliphatic heterocycles. The Labute approximate surface area is 119 Å². The lowest BCUT2D eigenvalue weighted by molar-refractivity contribution is 0.372. The van der Waals surface area contributed by atoms with Crippen molar-refractivity contribution in [1.82, 2.24) is 5.32 Å². The fourth-order valence-electron chi connectivity index (χ4n) is 2.29. The Balaban J connectivity index is 1.94. The molecule has 1 aromatic rings. The molecule has 0 amide bonds. The second kappa shape index (κ2) is 6.21. The minimum atomic E-state index is 0.270. The van der Waals surface area contributed by atoms with Gasteiger partial charge in [-0.15, -0.1) is 0 Å². The number of rotatable bonds is 3. The first kappa shape index (κ1) is 13.4. The summed E-state index contributed by atoms with van der Waals surface area (Å²) >= 11 is 6.71. The Morgan fingerprint density at radius 2 is 1.71 bits per heavy atom. The van der Waals surface area contributed by atoms with E-state index >= 15 is 0 Å². The van der Waals surface area contributed by atoms with Crippen LogP contribution < -0.4 is 5.32 Å². The lowest BCUT2D eigenvalue weighted by Crippen LogP contribution is -2.30. The molecule has 0 atom stereocenters. The zero-order chi connectivity index (χ0) is 12.3. The van der Waals surface area contributed by atoms with Gasteiger partial charge in [0.2, 0.25) is 0 Å². The molecule has 2 nitrogen and oxygen atoms in total. The number of hydrogen-bond acceptors (Lipinski definition) is 2. The van der Waals surface area contributed by atoms with E-state index in [1.54, 1.807) is 0 Å². The molecule has 2 rings (SSSR count). The van der Waals surface area contributed by atoms with E-state index in [4.69, 9.17) is 0 Å². The third-order valence-corrected chi connectivity index (χ3v) is 4.49. The molecule has 0 unspecified atom stereocenters. The normalized spacial score (nSPS) is 17.3. The van der Waals surface area contributed by atoms with Gasteiger partial charge >= 0.3 is 0 Å². The van der Waals surface area contributed by atoms with Gasteiger partial charge in [-0.2, -0.15) is 0 Å². The van der Waals surface area contributed by atoms with E-state index in [1.165, 1.54) is 37.7 Å². The van der Waals surface area contributed by atoms with Crippen molar-refractivity contribution in [1.29, 1.82) is 0 Å². The van der Waals surface area contributed by atoms with Crippen LogP contribution in [0.1, 0.15) is 37.7 Å². The van der Waals surface area contributed by atoms with E-state index < -0.39 is 0 Å². The Kier molecular flexibility index (Phi) is 4.88. The van der Waals surface area contributed by atoms with Gasteiger partial charge < -0.3 is 10.4 Å². The minimum absolute atomic E-state index is 0.270. The van der Waals surface area contributed by atoms with Gasteiger partial charge in [-0.05, 0) is 62.4 Å². The van der Waals surface area contributed by atoms with Crippen molar-refractivity contribution in [2.45, 2.75) is 44.7 Å². The molecule has 4 heteroatoms. The predicted molar refractivity (Wildman–Crippen MR) is 77.2 cm³/mol. The van der Waals surface area contributed by atoms with E-state index in [9.17, 15) is 5.11 Å². The summed E-state index contributed by atoms with van der Waals surface area (Å²) in [7, 11) is 0. The maximum absolute atomic E-state index is 9.63. The second-order valence-electron chi connectivity index (χ2n) is 4.62. The van der Waals surface area contributed by atoms with Gasteiger partial charge in [-0.25, -0.2) is 0 Å². The van der Waals surface area contributed by atoms with Gasteiger partial charge in [0.1, 0.15) is 5.75 Å². The standard InChI is InChI=1S/C13H17Br2NO/c14-11-6-9(7-12(15)13(11)17)8-16-10-4-2-1-3-5-10/h6-7,10,16-17H,1-5,8H2. The average Bonchev–Trinajstić information content (AvgIpc) is 2.34. The lowest BCUT2D eigenvalue weighted by atomic mass is 9.95. The molecule has 1 aromatic carbocycles. The topological polar surface area (TPSA) is 32.3 Å². The quantitative estimate of drug-likeness (QED) is 0.838. The predicted octanol–water partition coefficient (Wildman–Crippen LogP) is 4.34. The minimum Gasteiger partial charge on any atom is -0.506 e. The van der Waals surface area contributed by atoms with Crippen LogP contribution in [0.3, 0.4) is 0 Å². The van der Waals surface area contributed by atoms with Crippen LogP contribution in [0, 0.1) is 0 Å². The van der Waals surface area contributed by atoms with E-state index in [0.29, 0.717) is 6.04 Å². The average molecular weight is 363 g/mol. The first-order valence-electron chi connectivity index (χ1n) is 6.07. The molecule has 0 aromatic heterocycles. The summed E-state index contributed by atoms with van der Waals surface area (Å²) in [4.78, 5) is 0. The second-order valence-corrected chi connectivity index (χ2v) is 6.33. The molecule has 1 saturated carbocycles. The third-order valence-electron chi connectivity index (χ3n) is 3.28. The molecule has 0 heterocycles.